The van der Waals surface area contributed by atoms with Crippen LogP contribution < -0.4 is 0 Å². The van der Waals surface area contributed by atoms with Crippen LogP contribution in [-0.2, 0) is 16.0 Å². The summed E-state index contributed by atoms with van der Waals surface area (Å²) in [6.07, 6.45) is 2.49. The molecule has 0 bridgehead atoms. The summed E-state index contributed by atoms with van der Waals surface area (Å²) < 4.78 is 0. The van der Waals surface area contributed by atoms with E-state index in [9.17, 15) is 9.59 Å². The minimum atomic E-state index is -0.905. The van der Waals surface area contributed by atoms with Crippen molar-refractivity contribution in [2.75, 3.05) is 6.54 Å². The number of hydrogen-bond acceptors (Lipinski definition) is 2. The van der Waals surface area contributed by atoms with E-state index in [4.69, 9.17) is 16.7 Å². The van der Waals surface area contributed by atoms with E-state index in [-0.39, 0.29) is 5.91 Å². The number of aliphatic carboxylic acids is 1. The number of aryl methyl sites for hydroxylation is 1. The Morgan fingerprint density at radius 2 is 2.00 bits per heavy atom. The van der Waals surface area contributed by atoms with Gasteiger partial charge in [0, 0.05) is 18.0 Å². The Hall–Kier alpha value is -1.55. The first-order chi connectivity index (χ1) is 9.08. The van der Waals surface area contributed by atoms with Crippen molar-refractivity contribution in [3.05, 3.63) is 34.9 Å². The topological polar surface area (TPSA) is 57.6 Å². The van der Waals surface area contributed by atoms with Crippen molar-refractivity contribution < 1.29 is 14.7 Å². The molecule has 0 spiro atoms. The van der Waals surface area contributed by atoms with E-state index in [2.05, 4.69) is 0 Å². The highest BCUT2D eigenvalue weighted by atomic mass is 35.5. The van der Waals surface area contributed by atoms with Gasteiger partial charge in [-0.1, -0.05) is 23.7 Å². The van der Waals surface area contributed by atoms with Crippen molar-refractivity contribution in [1.29, 1.82) is 0 Å². The third kappa shape index (κ3) is 3.47. The maximum atomic E-state index is 11.8. The molecular formula is C14H16ClNO3. The van der Waals surface area contributed by atoms with Crippen LogP contribution >= 0.6 is 11.6 Å². The molecule has 4 nitrogen and oxygen atoms in total. The second kappa shape index (κ2) is 6.06. The van der Waals surface area contributed by atoms with Crippen LogP contribution in [0.2, 0.25) is 5.02 Å². The lowest BCUT2D eigenvalue weighted by atomic mass is 10.0. The fraction of sp³-hybridized carbons (Fsp3) is 0.429. The number of carbonyl (C=O) groups is 2. The van der Waals surface area contributed by atoms with E-state index in [1.807, 2.05) is 24.3 Å². The van der Waals surface area contributed by atoms with E-state index >= 15 is 0 Å². The van der Waals surface area contributed by atoms with E-state index in [0.29, 0.717) is 24.4 Å². The predicted octanol–water partition coefficient (Wildman–Crippen LogP) is 2.35. The average molecular weight is 282 g/mol. The summed E-state index contributed by atoms with van der Waals surface area (Å²) in [4.78, 5) is 24.1. The summed E-state index contributed by atoms with van der Waals surface area (Å²) in [5.41, 5.74) is 1.13. The molecule has 1 heterocycles. The molecule has 1 aromatic rings. The van der Waals surface area contributed by atoms with Gasteiger partial charge in [0.25, 0.3) is 0 Å². The first-order valence-corrected chi connectivity index (χ1v) is 6.72. The molecule has 1 saturated heterocycles. The lowest BCUT2D eigenvalue weighted by molar-refractivity contribution is -0.157. The Bertz CT molecular complexity index is 472. The molecule has 102 valence electrons. The molecule has 19 heavy (non-hydrogen) atoms. The van der Waals surface area contributed by atoms with Gasteiger partial charge in [-0.2, -0.15) is 0 Å². The number of likely N-dealkylation sites (tertiary alicyclic amines) is 1. The second-order valence-electron chi connectivity index (χ2n) is 4.71. The fourth-order valence-corrected chi connectivity index (χ4v) is 2.31. The standard InChI is InChI=1S/C14H16ClNO3/c15-11-6-4-10(5-7-11)2-1-3-13(17)16-9-8-12(16)14(18)19/h4-7,12H,1-3,8-9H2,(H,18,19). The number of benzene rings is 1. The van der Waals surface area contributed by atoms with E-state index in [0.717, 1.165) is 18.4 Å². The number of hydrogen-bond donors (Lipinski definition) is 1. The number of carbonyl (C=O) groups excluding carboxylic acids is 1. The minimum absolute atomic E-state index is 0.0624. The van der Waals surface area contributed by atoms with Crippen molar-refractivity contribution in [2.45, 2.75) is 31.7 Å². The summed E-state index contributed by atoms with van der Waals surface area (Å²) in [5, 5.41) is 9.57. The third-order valence-electron chi connectivity index (χ3n) is 3.39. The van der Waals surface area contributed by atoms with Crippen molar-refractivity contribution in [3.63, 3.8) is 0 Å². The predicted molar refractivity (Wildman–Crippen MR) is 72.1 cm³/mol. The van der Waals surface area contributed by atoms with E-state index in [1.165, 1.54) is 4.90 Å². The van der Waals surface area contributed by atoms with Crippen molar-refractivity contribution in [3.8, 4) is 0 Å². The maximum Gasteiger partial charge on any atom is 0.326 e. The molecule has 1 N–H and O–H groups in total. The van der Waals surface area contributed by atoms with Gasteiger partial charge in [-0.25, -0.2) is 4.79 Å². The Balaban J connectivity index is 1.75. The number of nitrogens with zero attached hydrogens (tertiary/aromatic N) is 1. The zero-order valence-corrected chi connectivity index (χ0v) is 11.3. The Morgan fingerprint density at radius 3 is 2.53 bits per heavy atom. The number of halogens is 1. The molecule has 1 aliphatic heterocycles. The molecule has 5 heteroatoms. The van der Waals surface area contributed by atoms with Crippen LogP contribution in [-0.4, -0.2) is 34.5 Å². The zero-order chi connectivity index (χ0) is 13.8. The third-order valence-corrected chi connectivity index (χ3v) is 3.65. The molecule has 2 rings (SSSR count). The molecule has 0 saturated carbocycles. The van der Waals surface area contributed by atoms with Crippen LogP contribution in [0, 0.1) is 0 Å². The lowest BCUT2D eigenvalue weighted by Crippen LogP contribution is -2.55. The quantitative estimate of drug-likeness (QED) is 0.901. The molecule has 1 amide bonds. The van der Waals surface area contributed by atoms with Crippen LogP contribution in [0.3, 0.4) is 0 Å². The van der Waals surface area contributed by atoms with Crippen LogP contribution in [0.15, 0.2) is 24.3 Å². The van der Waals surface area contributed by atoms with Crippen molar-refractivity contribution in [1.82, 2.24) is 4.90 Å². The molecule has 0 radical (unpaired) electrons. The lowest BCUT2D eigenvalue weighted by Gasteiger charge is -2.38. The van der Waals surface area contributed by atoms with Crippen LogP contribution in [0.1, 0.15) is 24.8 Å². The monoisotopic (exact) mass is 281 g/mol. The van der Waals surface area contributed by atoms with Crippen molar-refractivity contribution in [2.24, 2.45) is 0 Å². The number of carboxylic acids is 1. The van der Waals surface area contributed by atoms with Gasteiger partial charge in [-0.15, -0.1) is 0 Å². The summed E-state index contributed by atoms with van der Waals surface area (Å²) in [6.45, 7) is 0.566. The Kier molecular flexibility index (Phi) is 4.43. The first-order valence-electron chi connectivity index (χ1n) is 6.34. The highest BCUT2D eigenvalue weighted by molar-refractivity contribution is 6.30. The van der Waals surface area contributed by atoms with Crippen molar-refractivity contribution >= 4 is 23.5 Å². The first kappa shape index (κ1) is 13.9. The highest BCUT2D eigenvalue weighted by Crippen LogP contribution is 2.19. The highest BCUT2D eigenvalue weighted by Gasteiger charge is 2.36. The molecule has 1 atom stereocenters. The normalized spacial score (nSPS) is 17.9. The molecule has 0 aliphatic carbocycles. The molecular weight excluding hydrogens is 266 g/mol. The molecule has 0 aromatic heterocycles. The number of carboxylic acid groups (broad SMARTS) is 1. The second-order valence-corrected chi connectivity index (χ2v) is 5.15. The Morgan fingerprint density at radius 1 is 1.32 bits per heavy atom. The minimum Gasteiger partial charge on any atom is -0.480 e. The Labute approximate surface area is 117 Å². The summed E-state index contributed by atoms with van der Waals surface area (Å²) in [5.74, 6) is -0.968. The average Bonchev–Trinajstić information content (AvgIpc) is 2.29. The van der Waals surface area contributed by atoms with Gasteiger partial charge in [0.2, 0.25) is 5.91 Å². The number of rotatable bonds is 5. The van der Waals surface area contributed by atoms with E-state index < -0.39 is 12.0 Å². The SMILES string of the molecule is O=C(O)C1CCN1C(=O)CCCc1ccc(Cl)cc1. The maximum absolute atomic E-state index is 11.8. The summed E-state index contributed by atoms with van der Waals surface area (Å²) in [7, 11) is 0. The zero-order valence-electron chi connectivity index (χ0n) is 10.5. The van der Waals surface area contributed by atoms with Gasteiger partial charge in [0.05, 0.1) is 0 Å². The van der Waals surface area contributed by atoms with Gasteiger partial charge in [-0.3, -0.25) is 4.79 Å². The van der Waals surface area contributed by atoms with Gasteiger partial charge in [0.15, 0.2) is 0 Å². The van der Waals surface area contributed by atoms with Gasteiger partial charge >= 0.3 is 5.97 Å². The smallest absolute Gasteiger partial charge is 0.326 e. The summed E-state index contributed by atoms with van der Waals surface area (Å²) >= 11 is 5.79. The number of amides is 1. The van der Waals surface area contributed by atoms with E-state index in [1.54, 1.807) is 0 Å². The molecule has 1 fully saturated rings. The fourth-order valence-electron chi connectivity index (χ4n) is 2.18. The molecule has 1 unspecified atom stereocenters. The molecule has 1 aliphatic rings. The molecule has 1 aromatic carbocycles. The van der Waals surface area contributed by atoms with Crippen LogP contribution in [0.25, 0.3) is 0 Å². The van der Waals surface area contributed by atoms with Crippen LogP contribution in [0.5, 0.6) is 0 Å². The van der Waals surface area contributed by atoms with Gasteiger partial charge in [-0.05, 0) is 37.0 Å². The van der Waals surface area contributed by atoms with Gasteiger partial charge in [0.1, 0.15) is 6.04 Å². The summed E-state index contributed by atoms with van der Waals surface area (Å²) in [6, 6.07) is 6.93. The van der Waals surface area contributed by atoms with Gasteiger partial charge < -0.3 is 10.0 Å². The van der Waals surface area contributed by atoms with Crippen LogP contribution in [0.4, 0.5) is 0 Å². The largest absolute Gasteiger partial charge is 0.480 e.